The lowest BCUT2D eigenvalue weighted by Gasteiger charge is -2.20. The number of halogens is 2. The highest BCUT2D eigenvalue weighted by Crippen LogP contribution is 2.25. The number of hydrogen-bond acceptors (Lipinski definition) is 1. The number of rotatable bonds is 3. The normalized spacial score (nSPS) is 17.1. The van der Waals surface area contributed by atoms with Gasteiger partial charge in [-0.1, -0.05) is 19.3 Å². The first-order valence-corrected chi connectivity index (χ1v) is 6.13. The molecule has 1 aromatic carbocycles. The Labute approximate surface area is 99.8 Å². The molecule has 1 saturated carbocycles. The molecular weight excluding hydrogens is 222 g/mol. The summed E-state index contributed by atoms with van der Waals surface area (Å²) < 4.78 is 25.9. The smallest absolute Gasteiger partial charge is 0.140 e. The van der Waals surface area contributed by atoms with E-state index < -0.39 is 11.6 Å². The minimum atomic E-state index is -0.614. The van der Waals surface area contributed by atoms with Crippen LogP contribution in [-0.4, -0.2) is 5.78 Å². The lowest BCUT2D eigenvalue weighted by atomic mass is 9.84. The van der Waals surface area contributed by atoms with E-state index in [1.807, 2.05) is 0 Å². The predicted molar refractivity (Wildman–Crippen MR) is 61.6 cm³/mol. The largest absolute Gasteiger partial charge is 0.299 e. The van der Waals surface area contributed by atoms with Crippen molar-refractivity contribution in [1.29, 1.82) is 0 Å². The monoisotopic (exact) mass is 238 g/mol. The van der Waals surface area contributed by atoms with Crippen LogP contribution in [0.15, 0.2) is 18.2 Å². The molecule has 92 valence electrons. The molecule has 1 aromatic rings. The second-order valence-corrected chi connectivity index (χ2v) is 4.76. The third kappa shape index (κ3) is 3.35. The Morgan fingerprint density at radius 1 is 1.06 bits per heavy atom. The van der Waals surface area contributed by atoms with Gasteiger partial charge in [0.1, 0.15) is 17.4 Å². The van der Waals surface area contributed by atoms with Crippen LogP contribution in [0.3, 0.4) is 0 Å². The van der Waals surface area contributed by atoms with Gasteiger partial charge in [0.05, 0.1) is 0 Å². The van der Waals surface area contributed by atoms with Crippen molar-refractivity contribution in [1.82, 2.24) is 0 Å². The van der Waals surface area contributed by atoms with Gasteiger partial charge in [0.15, 0.2) is 0 Å². The Balaban J connectivity index is 2.01. The zero-order chi connectivity index (χ0) is 12.3. The first-order chi connectivity index (χ1) is 8.15. The standard InChI is InChI=1S/C14H16F2O/c15-12-6-10(7-13(16)9-12)8-14(17)11-4-2-1-3-5-11/h6-7,9,11H,1-5,8H2. The summed E-state index contributed by atoms with van der Waals surface area (Å²) in [5.74, 6) is -1.02. The number of ketones is 1. The van der Waals surface area contributed by atoms with E-state index in [9.17, 15) is 13.6 Å². The van der Waals surface area contributed by atoms with Gasteiger partial charge >= 0.3 is 0 Å². The lowest BCUT2D eigenvalue weighted by Crippen LogP contribution is -2.19. The highest BCUT2D eigenvalue weighted by atomic mass is 19.1. The molecule has 1 aliphatic carbocycles. The van der Waals surface area contributed by atoms with Gasteiger partial charge < -0.3 is 0 Å². The van der Waals surface area contributed by atoms with Gasteiger partial charge in [-0.25, -0.2) is 8.78 Å². The van der Waals surface area contributed by atoms with Crippen molar-refractivity contribution in [2.75, 3.05) is 0 Å². The summed E-state index contributed by atoms with van der Waals surface area (Å²) >= 11 is 0. The Morgan fingerprint density at radius 3 is 2.24 bits per heavy atom. The number of carbonyl (C=O) groups excluding carboxylic acids is 1. The molecule has 0 saturated heterocycles. The van der Waals surface area contributed by atoms with Gasteiger partial charge in [0, 0.05) is 18.4 Å². The Hall–Kier alpha value is -1.25. The van der Waals surface area contributed by atoms with E-state index in [1.165, 1.54) is 18.6 Å². The van der Waals surface area contributed by atoms with E-state index in [0.29, 0.717) is 5.56 Å². The van der Waals surface area contributed by atoms with Crippen LogP contribution in [0.4, 0.5) is 8.78 Å². The van der Waals surface area contributed by atoms with Crippen molar-refractivity contribution in [3.63, 3.8) is 0 Å². The predicted octanol–water partition coefficient (Wildman–Crippen LogP) is 3.66. The molecule has 1 nitrogen and oxygen atoms in total. The van der Waals surface area contributed by atoms with Crippen LogP contribution in [0.5, 0.6) is 0 Å². The summed E-state index contributed by atoms with van der Waals surface area (Å²) in [6, 6.07) is 3.31. The summed E-state index contributed by atoms with van der Waals surface area (Å²) in [4.78, 5) is 11.9. The maximum Gasteiger partial charge on any atom is 0.140 e. The van der Waals surface area contributed by atoms with E-state index in [-0.39, 0.29) is 18.1 Å². The van der Waals surface area contributed by atoms with E-state index in [2.05, 4.69) is 0 Å². The van der Waals surface area contributed by atoms with Gasteiger partial charge in [-0.3, -0.25) is 4.79 Å². The van der Waals surface area contributed by atoms with Crippen molar-refractivity contribution in [3.05, 3.63) is 35.4 Å². The van der Waals surface area contributed by atoms with Gasteiger partial charge in [0.25, 0.3) is 0 Å². The van der Waals surface area contributed by atoms with E-state index in [4.69, 9.17) is 0 Å². The summed E-state index contributed by atoms with van der Waals surface area (Å²) in [7, 11) is 0. The van der Waals surface area contributed by atoms with Crippen molar-refractivity contribution >= 4 is 5.78 Å². The molecule has 1 aliphatic rings. The molecule has 0 heterocycles. The third-order valence-corrected chi connectivity index (χ3v) is 3.36. The molecule has 0 unspecified atom stereocenters. The third-order valence-electron chi connectivity index (χ3n) is 3.36. The molecule has 0 bridgehead atoms. The zero-order valence-corrected chi connectivity index (χ0v) is 9.72. The first-order valence-electron chi connectivity index (χ1n) is 6.13. The average molecular weight is 238 g/mol. The number of Topliss-reactive ketones (excluding diaryl/α,β-unsaturated/α-hetero) is 1. The molecule has 1 fully saturated rings. The number of hydrogen-bond donors (Lipinski definition) is 0. The van der Waals surface area contributed by atoms with Crippen LogP contribution in [-0.2, 0) is 11.2 Å². The van der Waals surface area contributed by atoms with Crippen LogP contribution in [0.2, 0.25) is 0 Å². The van der Waals surface area contributed by atoms with E-state index >= 15 is 0 Å². The van der Waals surface area contributed by atoms with Crippen molar-refractivity contribution in [3.8, 4) is 0 Å². The summed E-state index contributed by atoms with van der Waals surface area (Å²) in [5.41, 5.74) is 0.443. The molecule has 0 spiro atoms. The maximum absolute atomic E-state index is 13.0. The fourth-order valence-corrected chi connectivity index (χ4v) is 2.48. The van der Waals surface area contributed by atoms with Gasteiger partial charge in [-0.2, -0.15) is 0 Å². The number of carbonyl (C=O) groups is 1. The summed E-state index contributed by atoms with van der Waals surface area (Å²) in [6.45, 7) is 0. The average Bonchev–Trinajstić information content (AvgIpc) is 2.28. The van der Waals surface area contributed by atoms with Crippen LogP contribution >= 0.6 is 0 Å². The molecule has 0 amide bonds. The van der Waals surface area contributed by atoms with Crippen LogP contribution < -0.4 is 0 Å². The highest BCUT2D eigenvalue weighted by molar-refractivity contribution is 5.83. The molecule has 2 rings (SSSR count). The van der Waals surface area contributed by atoms with E-state index in [0.717, 1.165) is 31.7 Å². The fourth-order valence-electron chi connectivity index (χ4n) is 2.48. The molecule has 3 heteroatoms. The van der Waals surface area contributed by atoms with Crippen molar-refractivity contribution < 1.29 is 13.6 Å². The van der Waals surface area contributed by atoms with Crippen molar-refractivity contribution in [2.45, 2.75) is 38.5 Å². The quantitative estimate of drug-likeness (QED) is 0.785. The molecule has 0 aromatic heterocycles. The SMILES string of the molecule is O=C(Cc1cc(F)cc(F)c1)C1CCCCC1. The second kappa shape index (κ2) is 5.39. The molecular formula is C14H16F2O. The maximum atomic E-state index is 13.0. The topological polar surface area (TPSA) is 17.1 Å². The Bertz CT molecular complexity index is 388. The van der Waals surface area contributed by atoms with Gasteiger partial charge in [-0.05, 0) is 30.5 Å². The fraction of sp³-hybridized carbons (Fsp3) is 0.500. The zero-order valence-electron chi connectivity index (χ0n) is 9.72. The van der Waals surface area contributed by atoms with Crippen molar-refractivity contribution in [2.24, 2.45) is 5.92 Å². The van der Waals surface area contributed by atoms with Gasteiger partial charge in [0.2, 0.25) is 0 Å². The summed E-state index contributed by atoms with van der Waals surface area (Å²) in [5, 5.41) is 0. The molecule has 17 heavy (non-hydrogen) atoms. The molecule has 0 radical (unpaired) electrons. The molecule has 0 N–H and O–H groups in total. The minimum Gasteiger partial charge on any atom is -0.299 e. The van der Waals surface area contributed by atoms with E-state index in [1.54, 1.807) is 0 Å². The summed E-state index contributed by atoms with van der Waals surface area (Å²) in [6.07, 6.45) is 5.38. The Kier molecular flexibility index (Phi) is 3.87. The minimum absolute atomic E-state index is 0.0927. The van der Waals surface area contributed by atoms with Gasteiger partial charge in [-0.15, -0.1) is 0 Å². The molecule has 0 atom stereocenters. The first kappa shape index (κ1) is 12.2. The Morgan fingerprint density at radius 2 is 1.65 bits per heavy atom. The van der Waals surface area contributed by atoms with Crippen LogP contribution in [0.1, 0.15) is 37.7 Å². The highest BCUT2D eigenvalue weighted by Gasteiger charge is 2.21. The van der Waals surface area contributed by atoms with Crippen LogP contribution in [0.25, 0.3) is 0 Å². The lowest BCUT2D eigenvalue weighted by molar-refractivity contribution is -0.123. The molecule has 0 aliphatic heterocycles. The van der Waals surface area contributed by atoms with Crippen LogP contribution in [0, 0.1) is 17.6 Å². The number of benzene rings is 1. The second-order valence-electron chi connectivity index (χ2n) is 4.76.